The quantitative estimate of drug-likeness (QED) is 0.843. The van der Waals surface area contributed by atoms with Crippen molar-refractivity contribution in [2.45, 2.75) is 23.6 Å². The van der Waals surface area contributed by atoms with Crippen LogP contribution >= 0.6 is 11.8 Å². The van der Waals surface area contributed by atoms with Crippen LogP contribution in [0.15, 0.2) is 47.4 Å². The maximum Gasteiger partial charge on any atom is 0.239 e. The number of ether oxygens (including phenoxy) is 2. The van der Waals surface area contributed by atoms with Gasteiger partial charge in [-0.15, -0.1) is 11.8 Å². The summed E-state index contributed by atoms with van der Waals surface area (Å²) in [5.74, 6) is 1.35. The van der Waals surface area contributed by atoms with Crippen LogP contribution in [-0.2, 0) is 11.3 Å². The Morgan fingerprint density at radius 2 is 1.96 bits per heavy atom. The number of benzene rings is 2. The number of rotatable bonds is 6. The van der Waals surface area contributed by atoms with Crippen molar-refractivity contribution >= 4 is 23.4 Å². The SMILES string of the molecule is COc1ccc(CNC(=O)CN2C[C@@H](C)Sc3ccccc32)cc1OC. The van der Waals surface area contributed by atoms with E-state index in [0.29, 0.717) is 29.8 Å². The maximum absolute atomic E-state index is 12.5. The number of nitrogens with zero attached hydrogens (tertiary/aromatic N) is 1. The van der Waals surface area contributed by atoms with Crippen molar-refractivity contribution in [3.8, 4) is 11.5 Å². The van der Waals surface area contributed by atoms with E-state index in [9.17, 15) is 4.79 Å². The van der Waals surface area contributed by atoms with Gasteiger partial charge in [0.15, 0.2) is 11.5 Å². The van der Waals surface area contributed by atoms with Crippen LogP contribution in [0.25, 0.3) is 0 Å². The van der Waals surface area contributed by atoms with Gasteiger partial charge in [0.1, 0.15) is 0 Å². The fourth-order valence-electron chi connectivity index (χ4n) is 3.05. The lowest BCUT2D eigenvalue weighted by Gasteiger charge is -2.33. The lowest BCUT2D eigenvalue weighted by Crippen LogP contribution is -2.41. The lowest BCUT2D eigenvalue weighted by atomic mass is 10.2. The van der Waals surface area contributed by atoms with Gasteiger partial charge in [0.05, 0.1) is 26.5 Å². The molecule has 1 aliphatic heterocycles. The number of carbonyl (C=O) groups excluding carboxylic acids is 1. The standard InChI is InChI=1S/C20H24N2O3S/c1-14-12-22(16-6-4-5-7-19(16)26-14)13-20(23)21-11-15-8-9-17(24-2)18(10-15)25-3/h4-10,14H,11-13H2,1-3H3,(H,21,23)/t14-/m1/s1. The topological polar surface area (TPSA) is 50.8 Å². The molecular weight excluding hydrogens is 348 g/mol. The van der Waals surface area contributed by atoms with E-state index in [0.717, 1.165) is 17.8 Å². The molecule has 0 radical (unpaired) electrons. The van der Waals surface area contributed by atoms with Gasteiger partial charge in [-0.3, -0.25) is 4.79 Å². The highest BCUT2D eigenvalue weighted by Gasteiger charge is 2.23. The molecular formula is C20H24N2O3S. The highest BCUT2D eigenvalue weighted by Crippen LogP contribution is 2.37. The lowest BCUT2D eigenvalue weighted by molar-refractivity contribution is -0.119. The third kappa shape index (κ3) is 4.25. The number of amides is 1. The van der Waals surface area contributed by atoms with Gasteiger partial charge < -0.3 is 19.7 Å². The number of para-hydroxylation sites is 1. The van der Waals surface area contributed by atoms with Crippen LogP contribution in [-0.4, -0.2) is 38.5 Å². The molecule has 1 atom stereocenters. The van der Waals surface area contributed by atoms with Crippen LogP contribution in [0.4, 0.5) is 5.69 Å². The van der Waals surface area contributed by atoms with E-state index in [-0.39, 0.29) is 5.91 Å². The van der Waals surface area contributed by atoms with Crippen molar-refractivity contribution < 1.29 is 14.3 Å². The van der Waals surface area contributed by atoms with Crippen molar-refractivity contribution in [1.29, 1.82) is 0 Å². The highest BCUT2D eigenvalue weighted by atomic mass is 32.2. The Bertz CT molecular complexity index is 781. The van der Waals surface area contributed by atoms with E-state index >= 15 is 0 Å². The van der Waals surface area contributed by atoms with Crippen molar-refractivity contribution in [1.82, 2.24) is 5.32 Å². The molecule has 0 aromatic heterocycles. The van der Waals surface area contributed by atoms with E-state index in [1.54, 1.807) is 14.2 Å². The third-order valence-corrected chi connectivity index (χ3v) is 5.43. The average molecular weight is 372 g/mol. The van der Waals surface area contributed by atoms with Crippen molar-refractivity contribution in [2.75, 3.05) is 32.2 Å². The van der Waals surface area contributed by atoms with Gasteiger partial charge in [-0.25, -0.2) is 0 Å². The molecule has 0 bridgehead atoms. The molecule has 2 aromatic carbocycles. The first-order valence-corrected chi connectivity index (χ1v) is 9.47. The summed E-state index contributed by atoms with van der Waals surface area (Å²) in [5, 5.41) is 3.46. The molecule has 0 saturated heterocycles. The molecule has 6 heteroatoms. The summed E-state index contributed by atoms with van der Waals surface area (Å²) in [4.78, 5) is 15.9. The first kappa shape index (κ1) is 18.5. The zero-order chi connectivity index (χ0) is 18.5. The van der Waals surface area contributed by atoms with Gasteiger partial charge in [0, 0.05) is 23.2 Å². The van der Waals surface area contributed by atoms with Crippen molar-refractivity contribution in [3.63, 3.8) is 0 Å². The summed E-state index contributed by atoms with van der Waals surface area (Å²) in [6.45, 7) is 3.87. The summed E-state index contributed by atoms with van der Waals surface area (Å²) in [6, 6.07) is 13.9. The maximum atomic E-state index is 12.5. The Kier molecular flexibility index (Phi) is 5.93. The molecule has 138 valence electrons. The first-order valence-electron chi connectivity index (χ1n) is 8.59. The Morgan fingerprint density at radius 3 is 2.73 bits per heavy atom. The molecule has 26 heavy (non-hydrogen) atoms. The fourth-order valence-corrected chi connectivity index (χ4v) is 4.21. The van der Waals surface area contributed by atoms with Crippen LogP contribution in [0, 0.1) is 0 Å². The number of thioether (sulfide) groups is 1. The molecule has 0 aliphatic carbocycles. The summed E-state index contributed by atoms with van der Waals surface area (Å²) < 4.78 is 10.5. The Labute approximate surface area is 158 Å². The average Bonchev–Trinajstić information content (AvgIpc) is 2.66. The van der Waals surface area contributed by atoms with Gasteiger partial charge in [0.25, 0.3) is 0 Å². The van der Waals surface area contributed by atoms with Gasteiger partial charge in [-0.1, -0.05) is 25.1 Å². The molecule has 0 unspecified atom stereocenters. The number of carbonyl (C=O) groups is 1. The summed E-state index contributed by atoms with van der Waals surface area (Å²) in [5.41, 5.74) is 2.11. The van der Waals surface area contributed by atoms with Gasteiger partial charge in [-0.2, -0.15) is 0 Å². The summed E-state index contributed by atoms with van der Waals surface area (Å²) in [6.07, 6.45) is 0. The first-order chi connectivity index (χ1) is 12.6. The number of methoxy groups -OCH3 is 2. The van der Waals surface area contributed by atoms with Gasteiger partial charge >= 0.3 is 0 Å². The molecule has 0 spiro atoms. The number of nitrogens with one attached hydrogen (secondary N) is 1. The van der Waals surface area contributed by atoms with Gasteiger partial charge in [0.2, 0.25) is 5.91 Å². The monoisotopic (exact) mass is 372 g/mol. The minimum atomic E-state index is 0.00804. The molecule has 3 rings (SSSR count). The Morgan fingerprint density at radius 1 is 1.19 bits per heavy atom. The second-order valence-electron chi connectivity index (χ2n) is 6.24. The van der Waals surface area contributed by atoms with E-state index in [4.69, 9.17) is 9.47 Å². The van der Waals surface area contributed by atoms with Crippen molar-refractivity contribution in [3.05, 3.63) is 48.0 Å². The molecule has 1 amide bonds. The Balaban J connectivity index is 1.61. The summed E-state index contributed by atoms with van der Waals surface area (Å²) >= 11 is 1.86. The molecule has 1 N–H and O–H groups in total. The normalized spacial score (nSPS) is 16.0. The van der Waals surface area contributed by atoms with E-state index in [2.05, 4.69) is 29.3 Å². The second kappa shape index (κ2) is 8.36. The van der Waals surface area contributed by atoms with Crippen LogP contribution in [0.2, 0.25) is 0 Å². The highest BCUT2D eigenvalue weighted by molar-refractivity contribution is 8.00. The van der Waals surface area contributed by atoms with E-state index < -0.39 is 0 Å². The molecule has 1 heterocycles. The fraction of sp³-hybridized carbons (Fsp3) is 0.350. The third-order valence-electron chi connectivity index (χ3n) is 4.28. The zero-order valence-corrected chi connectivity index (χ0v) is 16.1. The van der Waals surface area contributed by atoms with Crippen LogP contribution in [0.5, 0.6) is 11.5 Å². The zero-order valence-electron chi connectivity index (χ0n) is 15.3. The predicted molar refractivity (Wildman–Crippen MR) is 105 cm³/mol. The van der Waals surface area contributed by atoms with Crippen LogP contribution in [0.3, 0.4) is 0 Å². The number of anilines is 1. The molecule has 2 aromatic rings. The number of hydrogen-bond acceptors (Lipinski definition) is 5. The largest absolute Gasteiger partial charge is 0.493 e. The molecule has 0 fully saturated rings. The van der Waals surface area contributed by atoms with Crippen molar-refractivity contribution in [2.24, 2.45) is 0 Å². The molecule has 0 saturated carbocycles. The number of fused-ring (bicyclic) bond motifs is 1. The van der Waals surface area contributed by atoms with Crippen LogP contribution in [0.1, 0.15) is 12.5 Å². The van der Waals surface area contributed by atoms with Crippen LogP contribution < -0.4 is 19.7 Å². The van der Waals surface area contributed by atoms with Gasteiger partial charge in [-0.05, 0) is 29.8 Å². The molecule has 1 aliphatic rings. The summed E-state index contributed by atoms with van der Waals surface area (Å²) in [7, 11) is 3.21. The minimum Gasteiger partial charge on any atom is -0.493 e. The van der Waals surface area contributed by atoms with E-state index in [1.165, 1.54) is 4.90 Å². The minimum absolute atomic E-state index is 0.00804. The Hall–Kier alpha value is -2.34. The van der Waals surface area contributed by atoms with E-state index in [1.807, 2.05) is 42.1 Å². The second-order valence-corrected chi connectivity index (χ2v) is 7.72. The molecule has 5 nitrogen and oxygen atoms in total. The number of hydrogen-bond donors (Lipinski definition) is 1. The smallest absolute Gasteiger partial charge is 0.239 e. The predicted octanol–water partition coefficient (Wildman–Crippen LogP) is 3.32.